The Labute approximate surface area is 115 Å². The molecule has 0 saturated carbocycles. The summed E-state index contributed by atoms with van der Waals surface area (Å²) in [6.07, 6.45) is 3.90. The molecule has 0 radical (unpaired) electrons. The number of benzene rings is 1. The van der Waals surface area contributed by atoms with Crippen molar-refractivity contribution in [3.8, 4) is 0 Å². The summed E-state index contributed by atoms with van der Waals surface area (Å²) >= 11 is 0. The van der Waals surface area contributed by atoms with Crippen molar-refractivity contribution in [3.05, 3.63) is 23.3 Å². The predicted molar refractivity (Wildman–Crippen MR) is 77.5 cm³/mol. The second kappa shape index (κ2) is 5.51. The molecular weight excluding hydrogens is 260 g/mol. The first-order valence-electron chi connectivity index (χ1n) is 6.81. The number of nitrogens with two attached hydrogens (primary N) is 1. The Kier molecular flexibility index (Phi) is 4.16. The molecule has 106 valence electrons. The van der Waals surface area contributed by atoms with Gasteiger partial charge < -0.3 is 5.73 Å². The van der Waals surface area contributed by atoms with Crippen LogP contribution >= 0.6 is 0 Å². The molecule has 0 unspecified atom stereocenters. The molecule has 0 amide bonds. The van der Waals surface area contributed by atoms with Crippen LogP contribution in [0.15, 0.2) is 17.0 Å². The molecule has 5 heteroatoms. The van der Waals surface area contributed by atoms with E-state index in [1.807, 2.05) is 19.9 Å². The van der Waals surface area contributed by atoms with Crippen molar-refractivity contribution in [2.45, 2.75) is 44.4 Å². The third-order valence-electron chi connectivity index (χ3n) is 3.46. The largest absolute Gasteiger partial charge is 0.398 e. The minimum absolute atomic E-state index is 0.274. The van der Waals surface area contributed by atoms with E-state index in [2.05, 4.69) is 4.72 Å². The number of fused-ring (bicyclic) bond motifs is 1. The molecule has 0 aromatic heterocycles. The second-order valence-electron chi connectivity index (χ2n) is 5.57. The molecule has 2 rings (SSSR count). The average Bonchev–Trinajstić information content (AvgIpc) is 2.36. The number of hydrogen-bond donors (Lipinski definition) is 2. The van der Waals surface area contributed by atoms with E-state index < -0.39 is 10.0 Å². The lowest BCUT2D eigenvalue weighted by atomic mass is 9.91. The highest BCUT2D eigenvalue weighted by atomic mass is 32.2. The zero-order chi connectivity index (χ0) is 14.0. The summed E-state index contributed by atoms with van der Waals surface area (Å²) in [5.41, 5.74) is 8.33. The Bertz CT molecular complexity index is 565. The Morgan fingerprint density at radius 1 is 1.26 bits per heavy atom. The van der Waals surface area contributed by atoms with Gasteiger partial charge in [0.25, 0.3) is 0 Å². The van der Waals surface area contributed by atoms with Crippen molar-refractivity contribution in [1.29, 1.82) is 0 Å². The van der Waals surface area contributed by atoms with Crippen molar-refractivity contribution >= 4 is 15.7 Å². The first kappa shape index (κ1) is 14.3. The Hall–Kier alpha value is -1.07. The van der Waals surface area contributed by atoms with Crippen molar-refractivity contribution < 1.29 is 8.42 Å². The number of rotatable bonds is 4. The van der Waals surface area contributed by atoms with E-state index in [0.29, 0.717) is 17.1 Å². The second-order valence-corrected chi connectivity index (χ2v) is 7.28. The molecule has 0 heterocycles. The van der Waals surface area contributed by atoms with Gasteiger partial charge in [-0.25, -0.2) is 13.1 Å². The molecule has 3 N–H and O–H groups in total. The van der Waals surface area contributed by atoms with Crippen molar-refractivity contribution in [3.63, 3.8) is 0 Å². The summed E-state index contributed by atoms with van der Waals surface area (Å²) in [5.74, 6) is 0.274. The molecule has 0 aliphatic heterocycles. The number of aryl methyl sites for hydroxylation is 1. The molecule has 1 aromatic rings. The van der Waals surface area contributed by atoms with Crippen LogP contribution in [0.25, 0.3) is 0 Å². The number of nitrogens with one attached hydrogen (secondary N) is 1. The molecule has 0 atom stereocenters. The zero-order valence-electron chi connectivity index (χ0n) is 11.6. The molecular formula is C14H22N2O2S. The SMILES string of the molecule is CC(C)CNS(=O)(=O)c1c(N)ccc2c1CCCC2. The van der Waals surface area contributed by atoms with E-state index >= 15 is 0 Å². The highest BCUT2D eigenvalue weighted by molar-refractivity contribution is 7.89. The molecule has 1 aliphatic carbocycles. The van der Waals surface area contributed by atoms with E-state index in [0.717, 1.165) is 36.8 Å². The first-order valence-corrected chi connectivity index (χ1v) is 8.30. The van der Waals surface area contributed by atoms with Gasteiger partial charge in [0.05, 0.1) is 5.69 Å². The summed E-state index contributed by atoms with van der Waals surface area (Å²) < 4.78 is 27.5. The predicted octanol–water partition coefficient (Wildman–Crippen LogP) is 2.08. The van der Waals surface area contributed by atoms with Gasteiger partial charge >= 0.3 is 0 Å². The van der Waals surface area contributed by atoms with E-state index in [-0.39, 0.29) is 5.92 Å². The van der Waals surface area contributed by atoms with Crippen LogP contribution in [0.4, 0.5) is 5.69 Å². The zero-order valence-corrected chi connectivity index (χ0v) is 12.4. The number of nitrogen functional groups attached to an aromatic ring is 1. The van der Waals surface area contributed by atoms with Gasteiger partial charge in [-0.15, -0.1) is 0 Å². The molecule has 1 aliphatic rings. The molecule has 1 aromatic carbocycles. The fraction of sp³-hybridized carbons (Fsp3) is 0.571. The van der Waals surface area contributed by atoms with E-state index in [4.69, 9.17) is 5.73 Å². The summed E-state index contributed by atoms with van der Waals surface area (Å²) in [4.78, 5) is 0.311. The van der Waals surface area contributed by atoms with E-state index in [9.17, 15) is 8.42 Å². The van der Waals surface area contributed by atoms with Crippen LogP contribution in [-0.2, 0) is 22.9 Å². The van der Waals surface area contributed by atoms with Gasteiger partial charge in [-0.1, -0.05) is 19.9 Å². The average molecular weight is 282 g/mol. The molecule has 0 spiro atoms. The Balaban J connectivity index is 2.43. The maximum absolute atomic E-state index is 12.4. The normalized spacial score (nSPS) is 15.5. The lowest BCUT2D eigenvalue weighted by Gasteiger charge is -2.21. The van der Waals surface area contributed by atoms with Crippen molar-refractivity contribution in [1.82, 2.24) is 4.72 Å². The Morgan fingerprint density at radius 3 is 2.63 bits per heavy atom. The molecule has 0 saturated heterocycles. The van der Waals surface area contributed by atoms with Gasteiger partial charge in [0.1, 0.15) is 4.90 Å². The quantitative estimate of drug-likeness (QED) is 0.831. The van der Waals surface area contributed by atoms with Gasteiger partial charge in [0.15, 0.2) is 0 Å². The maximum Gasteiger partial charge on any atom is 0.242 e. The number of hydrogen-bond acceptors (Lipinski definition) is 3. The third kappa shape index (κ3) is 3.09. The van der Waals surface area contributed by atoms with Crippen molar-refractivity contribution in [2.24, 2.45) is 5.92 Å². The summed E-state index contributed by atoms with van der Waals surface area (Å²) in [6.45, 7) is 4.39. The number of sulfonamides is 1. The minimum Gasteiger partial charge on any atom is -0.398 e. The topological polar surface area (TPSA) is 72.2 Å². The highest BCUT2D eigenvalue weighted by Gasteiger charge is 2.25. The standard InChI is InChI=1S/C14H22N2O2S/c1-10(2)9-16-19(17,18)14-12-6-4-3-5-11(12)7-8-13(14)15/h7-8,10,16H,3-6,9,15H2,1-2H3. The van der Waals surface area contributed by atoms with Gasteiger partial charge in [0, 0.05) is 6.54 Å². The van der Waals surface area contributed by atoms with Crippen LogP contribution in [0, 0.1) is 5.92 Å². The monoisotopic (exact) mass is 282 g/mol. The van der Waals surface area contributed by atoms with E-state index in [1.54, 1.807) is 6.07 Å². The third-order valence-corrected chi connectivity index (χ3v) is 5.03. The van der Waals surface area contributed by atoms with Crippen LogP contribution in [0.2, 0.25) is 0 Å². The van der Waals surface area contributed by atoms with Gasteiger partial charge in [0.2, 0.25) is 10.0 Å². The van der Waals surface area contributed by atoms with Gasteiger partial charge in [-0.05, 0) is 48.8 Å². The smallest absolute Gasteiger partial charge is 0.242 e. The van der Waals surface area contributed by atoms with E-state index in [1.165, 1.54) is 0 Å². The Morgan fingerprint density at radius 2 is 1.95 bits per heavy atom. The molecule has 0 bridgehead atoms. The van der Waals surface area contributed by atoms with Crippen LogP contribution in [0.1, 0.15) is 37.8 Å². The minimum atomic E-state index is -3.50. The fourth-order valence-electron chi connectivity index (χ4n) is 2.48. The molecule has 19 heavy (non-hydrogen) atoms. The lowest BCUT2D eigenvalue weighted by molar-refractivity contribution is 0.557. The van der Waals surface area contributed by atoms with Crippen LogP contribution < -0.4 is 10.5 Å². The van der Waals surface area contributed by atoms with Crippen LogP contribution in [-0.4, -0.2) is 15.0 Å². The fourth-order valence-corrected chi connectivity index (χ4v) is 4.11. The van der Waals surface area contributed by atoms with Gasteiger partial charge in [-0.2, -0.15) is 0 Å². The molecule has 4 nitrogen and oxygen atoms in total. The first-order chi connectivity index (χ1) is 8.92. The number of anilines is 1. The summed E-state index contributed by atoms with van der Waals surface area (Å²) in [5, 5.41) is 0. The highest BCUT2D eigenvalue weighted by Crippen LogP contribution is 2.31. The summed E-state index contributed by atoms with van der Waals surface area (Å²) in [6, 6.07) is 3.68. The van der Waals surface area contributed by atoms with Gasteiger partial charge in [-0.3, -0.25) is 0 Å². The lowest BCUT2D eigenvalue weighted by Crippen LogP contribution is -2.29. The maximum atomic E-state index is 12.4. The van der Waals surface area contributed by atoms with Crippen LogP contribution in [0.3, 0.4) is 0 Å². The van der Waals surface area contributed by atoms with Crippen LogP contribution in [0.5, 0.6) is 0 Å². The van der Waals surface area contributed by atoms with Crippen molar-refractivity contribution in [2.75, 3.05) is 12.3 Å². The molecule has 0 fully saturated rings. The summed E-state index contributed by atoms with van der Waals surface area (Å²) in [7, 11) is -3.50.